The second-order valence-electron chi connectivity index (χ2n) is 6.38. The van der Waals surface area contributed by atoms with E-state index in [0.29, 0.717) is 21.4 Å². The maximum Gasteiger partial charge on any atom is 0.281 e. The van der Waals surface area contributed by atoms with Crippen molar-refractivity contribution in [3.8, 4) is 11.5 Å². The number of fused-ring (bicyclic) bond motifs is 2. The Bertz CT molecular complexity index is 1250. The minimum absolute atomic E-state index is 0.244. The van der Waals surface area contributed by atoms with Crippen LogP contribution in [0.5, 0.6) is 11.5 Å². The van der Waals surface area contributed by atoms with Gasteiger partial charge in [0.15, 0.2) is 6.61 Å². The van der Waals surface area contributed by atoms with Gasteiger partial charge in [0.2, 0.25) is 0 Å². The van der Waals surface area contributed by atoms with Crippen molar-refractivity contribution in [3.63, 3.8) is 0 Å². The number of rotatable bonds is 5. The average molecular weight is 441 g/mol. The highest BCUT2D eigenvalue weighted by atomic mass is 35.5. The molecule has 0 radical (unpaired) electrons. The molecule has 0 unspecified atom stereocenters. The Morgan fingerprint density at radius 3 is 2.63 bits per heavy atom. The zero-order valence-electron chi connectivity index (χ0n) is 15.9. The van der Waals surface area contributed by atoms with Crippen LogP contribution in [0.15, 0.2) is 60.7 Å². The monoisotopic (exact) mass is 440 g/mol. The summed E-state index contributed by atoms with van der Waals surface area (Å²) >= 11 is 7.55. The van der Waals surface area contributed by atoms with Crippen LogP contribution in [0.2, 0.25) is 5.02 Å². The summed E-state index contributed by atoms with van der Waals surface area (Å²) in [6, 6.07) is 18.7. The molecular weight excluding hydrogens is 424 g/mol. The van der Waals surface area contributed by atoms with E-state index in [2.05, 4.69) is 10.9 Å². The van der Waals surface area contributed by atoms with E-state index in [4.69, 9.17) is 21.1 Å². The highest BCUT2D eigenvalue weighted by molar-refractivity contribution is 7.21. The molecule has 4 aromatic rings. The van der Waals surface area contributed by atoms with Crippen LogP contribution < -0.4 is 20.3 Å². The van der Waals surface area contributed by atoms with Gasteiger partial charge in [0.05, 0.1) is 12.1 Å². The molecule has 30 heavy (non-hydrogen) atoms. The minimum atomic E-state index is -0.501. The van der Waals surface area contributed by atoms with Crippen LogP contribution in [-0.2, 0) is 4.79 Å². The van der Waals surface area contributed by atoms with E-state index in [0.717, 1.165) is 20.9 Å². The van der Waals surface area contributed by atoms with E-state index in [9.17, 15) is 9.59 Å². The van der Waals surface area contributed by atoms with E-state index in [1.54, 1.807) is 31.4 Å². The fourth-order valence-electron chi connectivity index (χ4n) is 3.00. The molecule has 1 aromatic heterocycles. The first-order chi connectivity index (χ1) is 14.6. The number of halogens is 1. The Morgan fingerprint density at radius 1 is 1.00 bits per heavy atom. The predicted molar refractivity (Wildman–Crippen MR) is 118 cm³/mol. The number of benzene rings is 3. The average Bonchev–Trinajstić information content (AvgIpc) is 3.11. The smallest absolute Gasteiger partial charge is 0.281 e. The third kappa shape index (κ3) is 4.03. The summed E-state index contributed by atoms with van der Waals surface area (Å²) in [5.74, 6) is 0.274. The maximum absolute atomic E-state index is 12.5. The van der Waals surface area contributed by atoms with Gasteiger partial charge >= 0.3 is 0 Å². The van der Waals surface area contributed by atoms with E-state index in [1.807, 2.05) is 36.4 Å². The second-order valence-corrected chi connectivity index (χ2v) is 7.81. The summed E-state index contributed by atoms with van der Waals surface area (Å²) < 4.78 is 11.6. The van der Waals surface area contributed by atoms with Crippen LogP contribution in [-0.4, -0.2) is 25.5 Å². The summed E-state index contributed by atoms with van der Waals surface area (Å²) in [5.41, 5.74) is 4.73. The van der Waals surface area contributed by atoms with Crippen molar-refractivity contribution in [3.05, 3.63) is 70.6 Å². The zero-order chi connectivity index (χ0) is 21.1. The van der Waals surface area contributed by atoms with Crippen molar-refractivity contribution in [2.24, 2.45) is 0 Å². The van der Waals surface area contributed by atoms with E-state index in [1.165, 1.54) is 11.3 Å². The molecule has 0 aliphatic carbocycles. The topological polar surface area (TPSA) is 76.7 Å². The molecule has 0 bridgehead atoms. The number of hydrogen-bond donors (Lipinski definition) is 2. The molecule has 2 amide bonds. The molecule has 0 saturated heterocycles. The zero-order valence-corrected chi connectivity index (χ0v) is 17.5. The number of hydrazine groups is 1. The largest absolute Gasteiger partial charge is 0.497 e. The summed E-state index contributed by atoms with van der Waals surface area (Å²) in [5, 5.41) is 3.00. The lowest BCUT2D eigenvalue weighted by Crippen LogP contribution is -2.43. The standard InChI is InChI=1S/C22H17ClN2O4S/c1-28-14-9-10-16-18(11-14)30-21(20(16)23)22(27)25-24-19(26)12-29-17-8-4-6-13-5-2-3-7-15(13)17/h2-11H,12H2,1H3,(H,24,26)(H,25,27). The summed E-state index contributed by atoms with van der Waals surface area (Å²) in [6.07, 6.45) is 0. The molecule has 0 aliphatic rings. The van der Waals surface area contributed by atoms with Crippen LogP contribution in [0.3, 0.4) is 0 Å². The van der Waals surface area contributed by atoms with Gasteiger partial charge in [-0.2, -0.15) is 0 Å². The van der Waals surface area contributed by atoms with Gasteiger partial charge in [0.25, 0.3) is 11.8 Å². The van der Waals surface area contributed by atoms with Crippen molar-refractivity contribution >= 4 is 55.6 Å². The summed E-state index contributed by atoms with van der Waals surface area (Å²) in [6.45, 7) is -0.244. The Labute approximate surface area is 181 Å². The van der Waals surface area contributed by atoms with Gasteiger partial charge < -0.3 is 9.47 Å². The molecule has 0 spiro atoms. The van der Waals surface area contributed by atoms with Crippen LogP contribution >= 0.6 is 22.9 Å². The first-order valence-corrected chi connectivity index (χ1v) is 10.2. The van der Waals surface area contributed by atoms with Gasteiger partial charge in [-0.05, 0) is 29.7 Å². The van der Waals surface area contributed by atoms with Crippen molar-refractivity contribution in [2.45, 2.75) is 0 Å². The fraction of sp³-hybridized carbons (Fsp3) is 0.0909. The number of nitrogens with one attached hydrogen (secondary N) is 2. The minimum Gasteiger partial charge on any atom is -0.497 e. The molecule has 0 atom stereocenters. The van der Waals surface area contributed by atoms with Crippen molar-refractivity contribution in [2.75, 3.05) is 13.7 Å². The molecule has 4 rings (SSSR count). The lowest BCUT2D eigenvalue weighted by Gasteiger charge is -2.10. The van der Waals surface area contributed by atoms with Crippen LogP contribution in [0, 0.1) is 0 Å². The molecule has 6 nitrogen and oxygen atoms in total. The Hall–Kier alpha value is -3.29. The van der Waals surface area contributed by atoms with Gasteiger partial charge in [-0.25, -0.2) is 0 Å². The number of carbonyl (C=O) groups is 2. The number of ether oxygens (including phenoxy) is 2. The van der Waals surface area contributed by atoms with Gasteiger partial charge in [0.1, 0.15) is 16.4 Å². The predicted octanol–water partition coefficient (Wildman–Crippen LogP) is 4.56. The maximum atomic E-state index is 12.5. The number of thiophene rings is 1. The van der Waals surface area contributed by atoms with Crippen LogP contribution in [0.4, 0.5) is 0 Å². The molecule has 2 N–H and O–H groups in total. The Balaban J connectivity index is 1.38. The van der Waals surface area contributed by atoms with Gasteiger partial charge in [0, 0.05) is 15.5 Å². The molecule has 1 heterocycles. The third-order valence-electron chi connectivity index (χ3n) is 4.47. The second kappa shape index (κ2) is 8.61. The summed E-state index contributed by atoms with van der Waals surface area (Å²) in [7, 11) is 1.57. The molecule has 152 valence electrons. The summed E-state index contributed by atoms with van der Waals surface area (Å²) in [4.78, 5) is 24.9. The quantitative estimate of drug-likeness (QED) is 0.446. The van der Waals surface area contributed by atoms with Gasteiger partial charge in [-0.3, -0.25) is 20.4 Å². The van der Waals surface area contributed by atoms with Crippen molar-refractivity contribution in [1.29, 1.82) is 0 Å². The molecule has 0 saturated carbocycles. The first-order valence-electron chi connectivity index (χ1n) is 9.02. The van der Waals surface area contributed by atoms with E-state index >= 15 is 0 Å². The highest BCUT2D eigenvalue weighted by Crippen LogP contribution is 2.37. The first kappa shape index (κ1) is 20.0. The lowest BCUT2D eigenvalue weighted by atomic mass is 10.1. The fourth-order valence-corrected chi connectivity index (χ4v) is 4.44. The van der Waals surface area contributed by atoms with Crippen LogP contribution in [0.25, 0.3) is 20.9 Å². The van der Waals surface area contributed by atoms with Crippen molar-refractivity contribution < 1.29 is 19.1 Å². The number of amides is 2. The normalized spacial score (nSPS) is 10.7. The Kier molecular flexibility index (Phi) is 5.74. The Morgan fingerprint density at radius 2 is 1.80 bits per heavy atom. The SMILES string of the molecule is COc1ccc2c(Cl)c(C(=O)NNC(=O)COc3cccc4ccccc34)sc2c1. The molecule has 8 heteroatoms. The lowest BCUT2D eigenvalue weighted by molar-refractivity contribution is -0.123. The van der Waals surface area contributed by atoms with Crippen LogP contribution in [0.1, 0.15) is 9.67 Å². The van der Waals surface area contributed by atoms with E-state index in [-0.39, 0.29) is 6.61 Å². The molecule has 0 fully saturated rings. The number of hydrogen-bond acceptors (Lipinski definition) is 5. The molecule has 0 aliphatic heterocycles. The third-order valence-corrected chi connectivity index (χ3v) is 6.12. The number of carbonyl (C=O) groups excluding carboxylic acids is 2. The number of methoxy groups -OCH3 is 1. The van der Waals surface area contributed by atoms with Gasteiger partial charge in [-0.15, -0.1) is 11.3 Å². The van der Waals surface area contributed by atoms with E-state index < -0.39 is 11.8 Å². The highest BCUT2D eigenvalue weighted by Gasteiger charge is 2.18. The van der Waals surface area contributed by atoms with Crippen molar-refractivity contribution in [1.82, 2.24) is 10.9 Å². The molecular formula is C22H17ClN2O4S. The van der Waals surface area contributed by atoms with Gasteiger partial charge in [-0.1, -0.05) is 48.0 Å². The molecule has 3 aromatic carbocycles.